The molecule has 0 bridgehead atoms. The molecule has 2 aliphatic carbocycles. The molecule has 2 rings (SSSR count). The fourth-order valence-electron chi connectivity index (χ4n) is 1.86. The fourth-order valence-corrected chi connectivity index (χ4v) is 1.86. The molecule has 2 aliphatic rings. The molecule has 0 aliphatic heterocycles. The Kier molecular flexibility index (Phi) is 5.22. The minimum absolute atomic E-state index is 0.260. The fraction of sp³-hybridized carbons (Fsp3) is 1.00. The number of nitrogens with one attached hydrogen (secondary N) is 1. The van der Waals surface area contributed by atoms with Crippen LogP contribution in [0.3, 0.4) is 0 Å². The smallest absolute Gasteiger partial charge is 0.0791 e. The largest absolute Gasteiger partial charge is 0.390 e. The van der Waals surface area contributed by atoms with E-state index >= 15 is 0 Å². The molecule has 0 heterocycles. The first kappa shape index (κ1) is 13.3. The van der Waals surface area contributed by atoms with Crippen molar-refractivity contribution in [3.8, 4) is 0 Å². The Labute approximate surface area is 104 Å². The average Bonchev–Trinajstić information content (AvgIpc) is 3.15. The third-order valence-electron chi connectivity index (χ3n) is 3.41. The van der Waals surface area contributed by atoms with Gasteiger partial charge in [-0.15, -0.1) is 0 Å². The maximum absolute atomic E-state index is 9.81. The van der Waals surface area contributed by atoms with Gasteiger partial charge in [-0.2, -0.15) is 0 Å². The molecule has 1 atom stereocenters. The van der Waals surface area contributed by atoms with Crippen LogP contribution < -0.4 is 5.32 Å². The highest BCUT2D eigenvalue weighted by Crippen LogP contribution is 2.28. The van der Waals surface area contributed by atoms with Crippen LogP contribution in [0.5, 0.6) is 0 Å². The molecular formula is C13H26N2O2. The summed E-state index contributed by atoms with van der Waals surface area (Å²) in [7, 11) is 2.04. The molecule has 4 nitrogen and oxygen atoms in total. The van der Waals surface area contributed by atoms with Crippen molar-refractivity contribution in [1.82, 2.24) is 10.2 Å². The van der Waals surface area contributed by atoms with Gasteiger partial charge in [0.05, 0.1) is 12.7 Å². The van der Waals surface area contributed by atoms with E-state index in [1.54, 1.807) is 0 Å². The number of rotatable bonds is 10. The Morgan fingerprint density at radius 1 is 1.35 bits per heavy atom. The predicted molar refractivity (Wildman–Crippen MR) is 68.1 cm³/mol. The van der Waals surface area contributed by atoms with Gasteiger partial charge in [0.25, 0.3) is 0 Å². The normalized spacial score (nSPS) is 22.1. The number of ether oxygens (including phenoxy) is 1. The van der Waals surface area contributed by atoms with E-state index in [0.29, 0.717) is 6.04 Å². The molecule has 0 aromatic rings. The zero-order valence-electron chi connectivity index (χ0n) is 10.9. The van der Waals surface area contributed by atoms with E-state index in [9.17, 15) is 5.11 Å². The third kappa shape index (κ3) is 6.36. The Bertz CT molecular complexity index is 217. The maximum atomic E-state index is 9.81. The van der Waals surface area contributed by atoms with Crippen LogP contribution in [-0.4, -0.2) is 62.0 Å². The second kappa shape index (κ2) is 6.69. The van der Waals surface area contributed by atoms with Crippen molar-refractivity contribution in [1.29, 1.82) is 0 Å². The van der Waals surface area contributed by atoms with Gasteiger partial charge in [-0.1, -0.05) is 0 Å². The third-order valence-corrected chi connectivity index (χ3v) is 3.41. The van der Waals surface area contributed by atoms with E-state index in [2.05, 4.69) is 10.2 Å². The minimum atomic E-state index is -0.260. The molecule has 2 fully saturated rings. The zero-order chi connectivity index (χ0) is 12.1. The molecular weight excluding hydrogens is 216 g/mol. The summed E-state index contributed by atoms with van der Waals surface area (Å²) in [6, 6.07) is 0.678. The van der Waals surface area contributed by atoms with Crippen molar-refractivity contribution < 1.29 is 9.84 Å². The molecule has 0 aromatic heterocycles. The summed E-state index contributed by atoms with van der Waals surface area (Å²) < 4.78 is 5.58. The average molecular weight is 242 g/mol. The molecule has 2 N–H and O–H groups in total. The Hall–Kier alpha value is -0.160. The zero-order valence-corrected chi connectivity index (χ0v) is 10.9. The number of nitrogens with zero attached hydrogens (tertiary/aromatic N) is 1. The molecule has 1 unspecified atom stereocenters. The Morgan fingerprint density at radius 3 is 2.76 bits per heavy atom. The lowest BCUT2D eigenvalue weighted by molar-refractivity contribution is 0.0792. The standard InChI is InChI=1S/C13H26N2O2/c1-15(6-7-17-10-11-2-3-11)9-13(16)8-14-12-4-5-12/h11-14,16H,2-10H2,1H3. The lowest BCUT2D eigenvalue weighted by Crippen LogP contribution is -2.38. The highest BCUT2D eigenvalue weighted by Gasteiger charge is 2.22. The first-order valence-electron chi connectivity index (χ1n) is 6.92. The molecule has 100 valence electrons. The number of aliphatic hydroxyl groups excluding tert-OH is 1. The van der Waals surface area contributed by atoms with Crippen molar-refractivity contribution in [3.63, 3.8) is 0 Å². The van der Waals surface area contributed by atoms with E-state index < -0.39 is 0 Å². The number of hydrogen-bond donors (Lipinski definition) is 2. The van der Waals surface area contributed by atoms with Crippen LogP contribution >= 0.6 is 0 Å². The van der Waals surface area contributed by atoms with Crippen molar-refractivity contribution in [2.45, 2.75) is 37.8 Å². The summed E-state index contributed by atoms with van der Waals surface area (Å²) in [5.41, 5.74) is 0. The van der Waals surface area contributed by atoms with Gasteiger partial charge in [-0.05, 0) is 38.6 Å². The molecule has 0 aromatic carbocycles. The summed E-state index contributed by atoms with van der Waals surface area (Å²) in [4.78, 5) is 2.14. The van der Waals surface area contributed by atoms with Crippen LogP contribution in [0, 0.1) is 5.92 Å². The van der Waals surface area contributed by atoms with E-state index in [1.165, 1.54) is 25.7 Å². The van der Waals surface area contributed by atoms with Gasteiger partial charge in [0.1, 0.15) is 0 Å². The van der Waals surface area contributed by atoms with Gasteiger partial charge in [0, 0.05) is 32.3 Å². The summed E-state index contributed by atoms with van der Waals surface area (Å²) in [5.74, 6) is 0.841. The van der Waals surface area contributed by atoms with E-state index in [0.717, 1.165) is 38.8 Å². The second-order valence-corrected chi connectivity index (χ2v) is 5.62. The predicted octanol–water partition coefficient (Wildman–Crippen LogP) is 0.458. The highest BCUT2D eigenvalue weighted by atomic mass is 16.5. The minimum Gasteiger partial charge on any atom is -0.390 e. The summed E-state index contributed by atoms with van der Waals surface area (Å²) in [5, 5.41) is 13.2. The molecule has 0 amide bonds. The van der Waals surface area contributed by atoms with Crippen LogP contribution in [0.2, 0.25) is 0 Å². The van der Waals surface area contributed by atoms with Crippen molar-refractivity contribution >= 4 is 0 Å². The van der Waals surface area contributed by atoms with Crippen LogP contribution in [0.15, 0.2) is 0 Å². The lowest BCUT2D eigenvalue weighted by Gasteiger charge is -2.20. The van der Waals surface area contributed by atoms with Gasteiger partial charge in [-0.3, -0.25) is 0 Å². The van der Waals surface area contributed by atoms with Crippen molar-refractivity contribution in [3.05, 3.63) is 0 Å². The number of hydrogen-bond acceptors (Lipinski definition) is 4. The van der Waals surface area contributed by atoms with E-state index in [-0.39, 0.29) is 6.10 Å². The Morgan fingerprint density at radius 2 is 2.12 bits per heavy atom. The number of aliphatic hydroxyl groups is 1. The number of likely N-dealkylation sites (N-methyl/N-ethyl adjacent to an activating group) is 1. The SMILES string of the molecule is CN(CCOCC1CC1)CC(O)CNC1CC1. The molecule has 17 heavy (non-hydrogen) atoms. The highest BCUT2D eigenvalue weighted by molar-refractivity contribution is 4.82. The quantitative estimate of drug-likeness (QED) is 0.546. The van der Waals surface area contributed by atoms with Gasteiger partial charge in [0.2, 0.25) is 0 Å². The van der Waals surface area contributed by atoms with Gasteiger partial charge in [0.15, 0.2) is 0 Å². The molecule has 0 radical (unpaired) electrons. The van der Waals surface area contributed by atoms with Gasteiger partial charge < -0.3 is 20.1 Å². The van der Waals surface area contributed by atoms with Crippen LogP contribution in [-0.2, 0) is 4.74 Å². The molecule has 0 spiro atoms. The van der Waals surface area contributed by atoms with Crippen LogP contribution in [0.4, 0.5) is 0 Å². The molecule has 0 saturated heterocycles. The summed E-state index contributed by atoms with van der Waals surface area (Å²) in [6.45, 7) is 4.08. The monoisotopic (exact) mass is 242 g/mol. The summed E-state index contributed by atoms with van der Waals surface area (Å²) in [6.07, 6.45) is 4.99. The van der Waals surface area contributed by atoms with Gasteiger partial charge >= 0.3 is 0 Å². The maximum Gasteiger partial charge on any atom is 0.0791 e. The molecule has 2 saturated carbocycles. The van der Waals surface area contributed by atoms with Gasteiger partial charge in [-0.25, -0.2) is 0 Å². The van der Waals surface area contributed by atoms with E-state index in [4.69, 9.17) is 4.74 Å². The Balaban J connectivity index is 1.41. The first-order chi connectivity index (χ1) is 8.24. The van der Waals surface area contributed by atoms with Crippen molar-refractivity contribution in [2.24, 2.45) is 5.92 Å². The first-order valence-corrected chi connectivity index (χ1v) is 6.92. The lowest BCUT2D eigenvalue weighted by atomic mass is 10.3. The second-order valence-electron chi connectivity index (χ2n) is 5.62. The topological polar surface area (TPSA) is 44.7 Å². The summed E-state index contributed by atoms with van der Waals surface area (Å²) >= 11 is 0. The van der Waals surface area contributed by atoms with Crippen LogP contribution in [0.1, 0.15) is 25.7 Å². The van der Waals surface area contributed by atoms with E-state index in [1.807, 2.05) is 7.05 Å². The van der Waals surface area contributed by atoms with Crippen LogP contribution in [0.25, 0.3) is 0 Å². The van der Waals surface area contributed by atoms with Crippen molar-refractivity contribution in [2.75, 3.05) is 39.9 Å². The molecule has 4 heteroatoms.